The lowest BCUT2D eigenvalue weighted by atomic mass is 9.99. The van der Waals surface area contributed by atoms with Gasteiger partial charge in [0.1, 0.15) is 0 Å². The van der Waals surface area contributed by atoms with E-state index in [0.717, 1.165) is 11.1 Å². The SMILES string of the molecule is O=CNC(c1ccccc1)c1ccc(Cl)c(Cl)c1. The Kier molecular flexibility index (Phi) is 4.24. The fraction of sp³-hybridized carbons (Fsp3) is 0.0714. The second kappa shape index (κ2) is 5.89. The van der Waals surface area contributed by atoms with Crippen molar-refractivity contribution < 1.29 is 4.79 Å². The second-order valence-electron chi connectivity index (χ2n) is 3.80. The molecular weight excluding hydrogens is 269 g/mol. The lowest BCUT2D eigenvalue weighted by Crippen LogP contribution is -2.20. The minimum absolute atomic E-state index is 0.224. The first kappa shape index (κ1) is 12.9. The van der Waals surface area contributed by atoms with Crippen LogP contribution >= 0.6 is 23.2 Å². The van der Waals surface area contributed by atoms with Gasteiger partial charge in [-0.3, -0.25) is 4.79 Å². The van der Waals surface area contributed by atoms with Crippen LogP contribution in [0.5, 0.6) is 0 Å². The van der Waals surface area contributed by atoms with Gasteiger partial charge in [-0.1, -0.05) is 59.6 Å². The molecule has 1 unspecified atom stereocenters. The molecule has 1 amide bonds. The quantitative estimate of drug-likeness (QED) is 0.847. The van der Waals surface area contributed by atoms with Crippen molar-refractivity contribution >= 4 is 29.6 Å². The van der Waals surface area contributed by atoms with E-state index in [1.54, 1.807) is 12.1 Å². The monoisotopic (exact) mass is 279 g/mol. The number of amides is 1. The van der Waals surface area contributed by atoms with E-state index in [9.17, 15) is 4.79 Å². The van der Waals surface area contributed by atoms with Crippen LogP contribution in [-0.4, -0.2) is 6.41 Å². The van der Waals surface area contributed by atoms with E-state index < -0.39 is 0 Å². The number of hydrogen-bond acceptors (Lipinski definition) is 1. The molecule has 2 nitrogen and oxygen atoms in total. The van der Waals surface area contributed by atoms with Crippen molar-refractivity contribution in [2.45, 2.75) is 6.04 Å². The molecule has 0 aliphatic carbocycles. The Bertz CT molecular complexity index is 543. The van der Waals surface area contributed by atoms with Gasteiger partial charge in [0.05, 0.1) is 16.1 Å². The zero-order valence-corrected chi connectivity index (χ0v) is 10.9. The number of rotatable bonds is 4. The van der Waals surface area contributed by atoms with E-state index in [0.29, 0.717) is 16.5 Å². The fourth-order valence-corrected chi connectivity index (χ4v) is 2.10. The normalized spacial score (nSPS) is 11.9. The first-order valence-electron chi connectivity index (χ1n) is 5.42. The van der Waals surface area contributed by atoms with Crippen LogP contribution < -0.4 is 5.32 Å². The Hall–Kier alpha value is -1.51. The highest BCUT2D eigenvalue weighted by Gasteiger charge is 2.13. The van der Waals surface area contributed by atoms with Crippen molar-refractivity contribution in [3.8, 4) is 0 Å². The number of benzene rings is 2. The van der Waals surface area contributed by atoms with E-state index in [2.05, 4.69) is 5.32 Å². The summed E-state index contributed by atoms with van der Waals surface area (Å²) in [5.41, 5.74) is 1.88. The van der Waals surface area contributed by atoms with E-state index in [1.165, 1.54) is 0 Å². The third-order valence-electron chi connectivity index (χ3n) is 2.64. The molecule has 0 aromatic heterocycles. The van der Waals surface area contributed by atoms with Gasteiger partial charge in [-0.05, 0) is 23.3 Å². The third-order valence-corrected chi connectivity index (χ3v) is 3.38. The van der Waals surface area contributed by atoms with Crippen molar-refractivity contribution in [1.29, 1.82) is 0 Å². The van der Waals surface area contributed by atoms with Crippen LogP contribution in [0.1, 0.15) is 17.2 Å². The van der Waals surface area contributed by atoms with Crippen LogP contribution in [0.2, 0.25) is 10.0 Å². The molecular formula is C14H11Cl2NO. The summed E-state index contributed by atoms with van der Waals surface area (Å²) < 4.78 is 0. The molecule has 0 fully saturated rings. The summed E-state index contributed by atoms with van der Waals surface area (Å²) in [6.07, 6.45) is 0.681. The molecule has 0 radical (unpaired) electrons. The molecule has 2 aromatic rings. The molecule has 0 aliphatic heterocycles. The summed E-state index contributed by atoms with van der Waals surface area (Å²) in [5.74, 6) is 0. The molecule has 0 saturated heterocycles. The highest BCUT2D eigenvalue weighted by molar-refractivity contribution is 6.42. The second-order valence-corrected chi connectivity index (χ2v) is 4.62. The highest BCUT2D eigenvalue weighted by Crippen LogP contribution is 2.28. The third kappa shape index (κ3) is 2.84. The summed E-state index contributed by atoms with van der Waals surface area (Å²) in [6, 6.07) is 14.8. The largest absolute Gasteiger partial charge is 0.348 e. The van der Waals surface area contributed by atoms with Gasteiger partial charge in [-0.25, -0.2) is 0 Å². The summed E-state index contributed by atoms with van der Waals surface area (Å²) >= 11 is 11.9. The van der Waals surface area contributed by atoms with Crippen molar-refractivity contribution in [2.75, 3.05) is 0 Å². The number of hydrogen-bond donors (Lipinski definition) is 1. The van der Waals surface area contributed by atoms with E-state index in [4.69, 9.17) is 23.2 Å². The molecule has 92 valence electrons. The average molecular weight is 280 g/mol. The first-order valence-corrected chi connectivity index (χ1v) is 6.17. The van der Waals surface area contributed by atoms with Crippen LogP contribution in [0.4, 0.5) is 0 Å². The summed E-state index contributed by atoms with van der Waals surface area (Å²) in [5, 5.41) is 3.75. The average Bonchev–Trinajstić information content (AvgIpc) is 2.40. The van der Waals surface area contributed by atoms with Gasteiger partial charge in [-0.2, -0.15) is 0 Å². The van der Waals surface area contributed by atoms with Crippen molar-refractivity contribution in [3.05, 3.63) is 69.7 Å². The van der Waals surface area contributed by atoms with E-state index in [-0.39, 0.29) is 6.04 Å². The predicted molar refractivity (Wildman–Crippen MR) is 73.9 cm³/mol. The smallest absolute Gasteiger partial charge is 0.207 e. The van der Waals surface area contributed by atoms with Crippen molar-refractivity contribution in [2.24, 2.45) is 0 Å². The predicted octanol–water partition coefficient (Wildman–Crippen LogP) is 3.83. The topological polar surface area (TPSA) is 29.1 Å². The molecule has 0 spiro atoms. The van der Waals surface area contributed by atoms with E-state index >= 15 is 0 Å². The van der Waals surface area contributed by atoms with Gasteiger partial charge in [0.2, 0.25) is 6.41 Å². The lowest BCUT2D eigenvalue weighted by Gasteiger charge is -2.17. The van der Waals surface area contributed by atoms with Crippen molar-refractivity contribution in [1.82, 2.24) is 5.32 Å². The maximum atomic E-state index is 10.7. The minimum Gasteiger partial charge on any atom is -0.348 e. The molecule has 0 bridgehead atoms. The van der Waals surface area contributed by atoms with Gasteiger partial charge < -0.3 is 5.32 Å². The van der Waals surface area contributed by atoms with Crippen LogP contribution in [-0.2, 0) is 4.79 Å². The standard InChI is InChI=1S/C14H11Cl2NO/c15-12-7-6-11(8-13(12)16)14(17-9-18)10-4-2-1-3-5-10/h1-9,14H,(H,17,18). The molecule has 2 rings (SSSR count). The first-order chi connectivity index (χ1) is 8.72. The van der Waals surface area contributed by atoms with Gasteiger partial charge in [0, 0.05) is 0 Å². The Balaban J connectivity index is 2.41. The van der Waals surface area contributed by atoms with Crippen LogP contribution in [0.25, 0.3) is 0 Å². The zero-order chi connectivity index (χ0) is 13.0. The van der Waals surface area contributed by atoms with Crippen LogP contribution in [0.15, 0.2) is 48.5 Å². The summed E-state index contributed by atoms with van der Waals surface area (Å²) in [6.45, 7) is 0. The Morgan fingerprint density at radius 3 is 2.28 bits per heavy atom. The van der Waals surface area contributed by atoms with Crippen molar-refractivity contribution in [3.63, 3.8) is 0 Å². The number of carbonyl (C=O) groups is 1. The van der Waals surface area contributed by atoms with Gasteiger partial charge in [0.15, 0.2) is 0 Å². The van der Waals surface area contributed by atoms with Crippen LogP contribution in [0.3, 0.4) is 0 Å². The van der Waals surface area contributed by atoms with E-state index in [1.807, 2.05) is 36.4 Å². The molecule has 1 atom stereocenters. The molecule has 0 saturated carbocycles. The van der Waals surface area contributed by atoms with Gasteiger partial charge in [-0.15, -0.1) is 0 Å². The number of carbonyl (C=O) groups excluding carboxylic acids is 1. The molecule has 0 aliphatic rings. The lowest BCUT2D eigenvalue weighted by molar-refractivity contribution is -0.110. The van der Waals surface area contributed by atoms with Gasteiger partial charge >= 0.3 is 0 Å². The fourth-order valence-electron chi connectivity index (χ4n) is 1.79. The maximum Gasteiger partial charge on any atom is 0.207 e. The summed E-state index contributed by atoms with van der Waals surface area (Å²) in [4.78, 5) is 10.7. The Morgan fingerprint density at radius 2 is 1.67 bits per heavy atom. The Labute approximate surface area is 116 Å². The Morgan fingerprint density at radius 1 is 0.944 bits per heavy atom. The highest BCUT2D eigenvalue weighted by atomic mass is 35.5. The number of nitrogens with one attached hydrogen (secondary N) is 1. The molecule has 2 aromatic carbocycles. The van der Waals surface area contributed by atoms with Crippen LogP contribution in [0, 0.1) is 0 Å². The minimum atomic E-state index is -0.224. The molecule has 0 heterocycles. The molecule has 18 heavy (non-hydrogen) atoms. The number of halogens is 2. The molecule has 1 N–H and O–H groups in total. The summed E-state index contributed by atoms with van der Waals surface area (Å²) in [7, 11) is 0. The molecule has 4 heteroatoms. The van der Waals surface area contributed by atoms with Gasteiger partial charge in [0.25, 0.3) is 0 Å². The zero-order valence-electron chi connectivity index (χ0n) is 9.44. The maximum absolute atomic E-state index is 10.7.